The van der Waals surface area contributed by atoms with Crippen LogP contribution in [-0.2, 0) is 14.4 Å². The number of nitrogens with one attached hydrogen (secondary N) is 2. The van der Waals surface area contributed by atoms with Crippen LogP contribution in [0.1, 0.15) is 86.0 Å². The zero-order valence-electron chi connectivity index (χ0n) is 19.7. The van der Waals surface area contributed by atoms with Gasteiger partial charge >= 0.3 is 6.03 Å². The minimum atomic E-state index is -0.420. The number of rotatable bonds is 1. The molecule has 0 aromatic rings. The highest BCUT2D eigenvalue weighted by atomic mass is 16.2. The predicted molar refractivity (Wildman–Crippen MR) is 117 cm³/mol. The fourth-order valence-electron chi connectivity index (χ4n) is 7.95. The minimum absolute atomic E-state index is 0.0812. The van der Waals surface area contributed by atoms with Gasteiger partial charge in [0.2, 0.25) is 11.7 Å². The Morgan fingerprint density at radius 3 is 2.26 bits per heavy atom. The Hall–Kier alpha value is -1.72. The van der Waals surface area contributed by atoms with Crippen molar-refractivity contribution in [3.63, 3.8) is 0 Å². The fraction of sp³-hybridized carbons (Fsp3) is 0.840. The van der Waals surface area contributed by atoms with E-state index < -0.39 is 11.6 Å². The summed E-state index contributed by atoms with van der Waals surface area (Å²) in [7, 11) is 0. The maximum absolute atomic E-state index is 13.1. The second-order valence-corrected chi connectivity index (χ2v) is 12.2. The summed E-state index contributed by atoms with van der Waals surface area (Å²) in [6.45, 7) is 10.2. The molecule has 4 aliphatic carbocycles. The van der Waals surface area contributed by atoms with Gasteiger partial charge in [-0.25, -0.2) is 4.79 Å². The first kappa shape index (κ1) is 22.5. The Kier molecular flexibility index (Phi) is 5.37. The Morgan fingerprint density at radius 2 is 1.58 bits per heavy atom. The summed E-state index contributed by atoms with van der Waals surface area (Å²) in [5.74, 6) is 0.684. The Morgan fingerprint density at radius 1 is 0.903 bits per heavy atom. The first-order chi connectivity index (χ1) is 14.4. The van der Waals surface area contributed by atoms with Crippen molar-refractivity contribution in [2.45, 2.75) is 91.5 Å². The van der Waals surface area contributed by atoms with Crippen LogP contribution < -0.4 is 10.6 Å². The standard InChI is InChI=1S/C25H38N2O4/c1-23(2,3)27-22(31)26-21(30)18-9-8-15-14-6-7-17-20(29)19(28)11-13-24(17,4)16(14)10-12-25(15,18)5/h14-18H,6-13H2,1-5H3,(H2,26,27,30,31)/t14-,15-,16+,17?,18?,24+,25-/m0/s1. The van der Waals surface area contributed by atoms with Crippen LogP contribution in [0, 0.1) is 40.4 Å². The second kappa shape index (κ2) is 7.41. The first-order valence-electron chi connectivity index (χ1n) is 12.1. The van der Waals surface area contributed by atoms with Crippen molar-refractivity contribution in [2.24, 2.45) is 40.4 Å². The van der Waals surface area contributed by atoms with Gasteiger partial charge in [0.05, 0.1) is 0 Å². The summed E-state index contributed by atoms with van der Waals surface area (Å²) in [5, 5.41) is 5.42. The van der Waals surface area contributed by atoms with Gasteiger partial charge in [-0.15, -0.1) is 0 Å². The summed E-state index contributed by atoms with van der Waals surface area (Å²) in [6.07, 6.45) is 6.77. The minimum Gasteiger partial charge on any atom is -0.333 e. The van der Waals surface area contributed by atoms with E-state index in [2.05, 4.69) is 24.5 Å². The molecule has 0 radical (unpaired) electrons. The second-order valence-electron chi connectivity index (χ2n) is 12.2. The Labute approximate surface area is 185 Å². The molecule has 4 fully saturated rings. The molecule has 2 N–H and O–H groups in total. The average Bonchev–Trinajstić information content (AvgIpc) is 3.01. The number of fused-ring (bicyclic) bond motifs is 5. The van der Waals surface area contributed by atoms with E-state index in [4.69, 9.17) is 0 Å². The zero-order chi connectivity index (χ0) is 22.8. The average molecular weight is 431 g/mol. The van der Waals surface area contributed by atoms with Gasteiger partial charge in [-0.3, -0.25) is 19.7 Å². The lowest BCUT2D eigenvalue weighted by Crippen LogP contribution is -2.57. The fourth-order valence-corrected chi connectivity index (χ4v) is 7.95. The van der Waals surface area contributed by atoms with Crippen molar-refractivity contribution >= 4 is 23.5 Å². The highest BCUT2D eigenvalue weighted by Gasteiger charge is 2.62. The van der Waals surface area contributed by atoms with E-state index in [1.165, 1.54) is 0 Å². The maximum atomic E-state index is 13.1. The summed E-state index contributed by atoms with van der Waals surface area (Å²) < 4.78 is 0. The number of urea groups is 1. The van der Waals surface area contributed by atoms with Gasteiger partial charge in [0.1, 0.15) is 0 Å². The molecule has 7 atom stereocenters. The van der Waals surface area contributed by atoms with Crippen LogP contribution in [0.2, 0.25) is 0 Å². The predicted octanol–water partition coefficient (Wildman–Crippen LogP) is 4.02. The van der Waals surface area contributed by atoms with Gasteiger partial charge in [0.25, 0.3) is 0 Å². The molecule has 0 saturated heterocycles. The number of carbonyl (C=O) groups is 4. The van der Waals surface area contributed by atoms with Crippen LogP contribution in [0.15, 0.2) is 0 Å². The van der Waals surface area contributed by atoms with Crippen molar-refractivity contribution < 1.29 is 19.2 Å². The molecular weight excluding hydrogens is 392 g/mol. The lowest BCUT2D eigenvalue weighted by molar-refractivity contribution is -0.158. The summed E-state index contributed by atoms with van der Waals surface area (Å²) in [4.78, 5) is 50.0. The normalized spacial score (nSPS) is 42.3. The molecule has 4 saturated carbocycles. The van der Waals surface area contributed by atoms with Crippen molar-refractivity contribution in [1.29, 1.82) is 0 Å². The zero-order valence-corrected chi connectivity index (χ0v) is 19.7. The lowest BCUT2D eigenvalue weighted by Gasteiger charge is -2.59. The number of imide groups is 1. The molecule has 0 bridgehead atoms. The van der Waals surface area contributed by atoms with E-state index in [0.717, 1.165) is 44.9 Å². The van der Waals surface area contributed by atoms with E-state index in [-0.39, 0.29) is 40.1 Å². The number of Topliss-reactive ketones (excluding diaryl/α,β-unsaturated/α-hetero) is 2. The first-order valence-corrected chi connectivity index (χ1v) is 12.1. The molecule has 0 aliphatic heterocycles. The van der Waals surface area contributed by atoms with E-state index in [1.54, 1.807) is 0 Å². The quantitative estimate of drug-likeness (QED) is 0.615. The van der Waals surface area contributed by atoms with Crippen molar-refractivity contribution in [2.75, 3.05) is 0 Å². The lowest BCUT2D eigenvalue weighted by atomic mass is 9.44. The van der Waals surface area contributed by atoms with Crippen LogP contribution in [0.5, 0.6) is 0 Å². The number of amides is 3. The van der Waals surface area contributed by atoms with Crippen LogP contribution in [0.4, 0.5) is 4.79 Å². The van der Waals surface area contributed by atoms with Gasteiger partial charge in [-0.1, -0.05) is 13.8 Å². The number of carbonyl (C=O) groups excluding carboxylic acids is 4. The van der Waals surface area contributed by atoms with Crippen LogP contribution >= 0.6 is 0 Å². The van der Waals surface area contributed by atoms with E-state index in [0.29, 0.717) is 24.2 Å². The molecular formula is C25H38N2O4. The third kappa shape index (κ3) is 3.64. The molecule has 31 heavy (non-hydrogen) atoms. The molecule has 4 rings (SSSR count). The maximum Gasteiger partial charge on any atom is 0.321 e. The van der Waals surface area contributed by atoms with Gasteiger partial charge in [0.15, 0.2) is 5.78 Å². The molecule has 6 heteroatoms. The molecule has 4 aliphatic rings. The van der Waals surface area contributed by atoms with Crippen LogP contribution in [-0.4, -0.2) is 29.0 Å². The number of ketones is 2. The largest absolute Gasteiger partial charge is 0.333 e. The van der Waals surface area contributed by atoms with Crippen LogP contribution in [0.25, 0.3) is 0 Å². The summed E-state index contributed by atoms with van der Waals surface area (Å²) >= 11 is 0. The number of hydrogen-bond acceptors (Lipinski definition) is 4. The molecule has 0 heterocycles. The van der Waals surface area contributed by atoms with Gasteiger partial charge in [-0.2, -0.15) is 0 Å². The topological polar surface area (TPSA) is 92.3 Å². The molecule has 0 spiro atoms. The van der Waals surface area contributed by atoms with Gasteiger partial charge in [-0.05, 0) is 94.3 Å². The highest BCUT2D eigenvalue weighted by Crippen LogP contribution is 2.66. The van der Waals surface area contributed by atoms with E-state index in [9.17, 15) is 19.2 Å². The summed E-state index contributed by atoms with van der Waals surface area (Å²) in [6, 6.07) is -0.420. The molecule has 0 aromatic heterocycles. The number of hydrogen-bond donors (Lipinski definition) is 2. The Bertz CT molecular complexity index is 815. The molecule has 2 unspecified atom stereocenters. The Balaban J connectivity index is 1.50. The van der Waals surface area contributed by atoms with E-state index in [1.807, 2.05) is 20.8 Å². The monoisotopic (exact) mass is 430 g/mol. The van der Waals surface area contributed by atoms with Gasteiger partial charge in [0, 0.05) is 23.8 Å². The van der Waals surface area contributed by atoms with E-state index >= 15 is 0 Å². The molecule has 172 valence electrons. The molecule has 6 nitrogen and oxygen atoms in total. The third-order valence-electron chi connectivity index (χ3n) is 9.39. The van der Waals surface area contributed by atoms with Crippen molar-refractivity contribution in [3.8, 4) is 0 Å². The SMILES string of the molecule is CC(C)(C)NC(=O)NC(=O)C1CC[C@H]2[C@@H]3CCC4C(=O)C(=O)CC[C@]4(C)[C@@H]3CC[C@]12C. The van der Waals surface area contributed by atoms with Crippen molar-refractivity contribution in [1.82, 2.24) is 10.6 Å². The molecule has 0 aromatic carbocycles. The highest BCUT2D eigenvalue weighted by molar-refractivity contribution is 6.38. The van der Waals surface area contributed by atoms with Crippen LogP contribution in [0.3, 0.4) is 0 Å². The summed E-state index contributed by atoms with van der Waals surface area (Å²) in [5.41, 5.74) is -0.579. The van der Waals surface area contributed by atoms with Crippen molar-refractivity contribution in [3.05, 3.63) is 0 Å². The van der Waals surface area contributed by atoms with Gasteiger partial charge < -0.3 is 5.32 Å². The molecule has 3 amide bonds. The third-order valence-corrected chi connectivity index (χ3v) is 9.39. The smallest absolute Gasteiger partial charge is 0.321 e.